The Morgan fingerprint density at radius 2 is 2.00 bits per heavy atom. The number of aromatic carboxylic acids is 1. The van der Waals surface area contributed by atoms with Crippen molar-refractivity contribution in [2.45, 2.75) is 6.92 Å². The monoisotopic (exact) mass is 290 g/mol. The number of anilines is 1. The summed E-state index contributed by atoms with van der Waals surface area (Å²) in [5.41, 5.74) is 0.723. The third-order valence-electron chi connectivity index (χ3n) is 2.65. The molecule has 1 aromatic heterocycles. The minimum Gasteiger partial charge on any atom is -0.478 e. The van der Waals surface area contributed by atoms with Crippen LogP contribution in [0.3, 0.4) is 0 Å². The van der Waals surface area contributed by atoms with Crippen molar-refractivity contribution < 1.29 is 24.0 Å². The zero-order chi connectivity index (χ0) is 15.6. The molecule has 8 nitrogen and oxygen atoms in total. The number of carbonyl (C=O) groups is 2. The molecular formula is C13H10N2O6. The van der Waals surface area contributed by atoms with Gasteiger partial charge in [-0.3, -0.25) is 14.9 Å². The highest BCUT2D eigenvalue weighted by molar-refractivity contribution is 6.06. The zero-order valence-corrected chi connectivity index (χ0v) is 10.8. The smallest absolute Gasteiger partial charge is 0.433 e. The van der Waals surface area contributed by atoms with Crippen molar-refractivity contribution in [1.29, 1.82) is 0 Å². The van der Waals surface area contributed by atoms with Gasteiger partial charge < -0.3 is 14.8 Å². The number of carbonyl (C=O) groups excluding carboxylic acids is 1. The summed E-state index contributed by atoms with van der Waals surface area (Å²) in [5.74, 6) is -2.81. The molecule has 0 aliphatic carbocycles. The number of nitrogens with zero attached hydrogens (tertiary/aromatic N) is 1. The van der Waals surface area contributed by atoms with Crippen LogP contribution in [0.2, 0.25) is 0 Å². The molecule has 0 unspecified atom stereocenters. The second kappa shape index (κ2) is 5.45. The van der Waals surface area contributed by atoms with Gasteiger partial charge in [0, 0.05) is 0 Å². The second-order valence-corrected chi connectivity index (χ2v) is 4.20. The lowest BCUT2D eigenvalue weighted by atomic mass is 10.1. The van der Waals surface area contributed by atoms with Crippen LogP contribution < -0.4 is 5.32 Å². The van der Waals surface area contributed by atoms with Gasteiger partial charge in [0.15, 0.2) is 5.76 Å². The number of amides is 1. The third-order valence-corrected chi connectivity index (χ3v) is 2.65. The molecular weight excluding hydrogens is 280 g/mol. The van der Waals surface area contributed by atoms with Gasteiger partial charge in [-0.1, -0.05) is 11.6 Å². The summed E-state index contributed by atoms with van der Waals surface area (Å²) in [7, 11) is 0. The Hall–Kier alpha value is -3.16. The van der Waals surface area contributed by atoms with Crippen LogP contribution in [0.4, 0.5) is 11.6 Å². The molecule has 1 aromatic carbocycles. The number of rotatable bonds is 4. The van der Waals surface area contributed by atoms with Crippen LogP contribution in [-0.4, -0.2) is 21.9 Å². The standard InChI is InChI=1S/C13H10N2O6/c1-7-2-3-9(8(6-7)13(17)18)14-12(16)10-4-5-11(21-10)15(19)20/h2-6H,1H3,(H,14,16)(H,17,18). The van der Waals surface area contributed by atoms with Gasteiger partial charge in [-0.05, 0) is 25.1 Å². The number of nitrogens with one attached hydrogen (secondary N) is 1. The van der Waals surface area contributed by atoms with E-state index in [9.17, 15) is 19.7 Å². The maximum absolute atomic E-state index is 11.9. The van der Waals surface area contributed by atoms with Crippen molar-refractivity contribution >= 4 is 23.4 Å². The first-order chi connectivity index (χ1) is 9.88. The molecule has 0 radical (unpaired) electrons. The number of aryl methyl sites for hydroxylation is 1. The molecule has 0 bridgehead atoms. The van der Waals surface area contributed by atoms with Crippen LogP contribution >= 0.6 is 0 Å². The summed E-state index contributed by atoms with van der Waals surface area (Å²) in [4.78, 5) is 32.7. The van der Waals surface area contributed by atoms with Crippen LogP contribution in [0.25, 0.3) is 0 Å². The molecule has 1 heterocycles. The molecule has 2 aromatic rings. The van der Waals surface area contributed by atoms with E-state index in [0.29, 0.717) is 0 Å². The molecule has 0 atom stereocenters. The average Bonchev–Trinajstić information content (AvgIpc) is 2.90. The van der Waals surface area contributed by atoms with Crippen LogP contribution in [0, 0.1) is 17.0 Å². The molecule has 21 heavy (non-hydrogen) atoms. The fourth-order valence-electron chi connectivity index (χ4n) is 1.68. The SMILES string of the molecule is Cc1ccc(NC(=O)c2ccc([N+](=O)[O-])o2)c(C(=O)O)c1. The Balaban J connectivity index is 2.27. The maximum Gasteiger partial charge on any atom is 0.433 e. The summed E-state index contributed by atoms with van der Waals surface area (Å²) in [6.07, 6.45) is 0. The first-order valence-corrected chi connectivity index (χ1v) is 5.78. The van der Waals surface area contributed by atoms with Crippen molar-refractivity contribution in [1.82, 2.24) is 0 Å². The van der Waals surface area contributed by atoms with Gasteiger partial charge in [-0.25, -0.2) is 4.79 Å². The van der Waals surface area contributed by atoms with Crippen LogP contribution in [0.5, 0.6) is 0 Å². The van der Waals surface area contributed by atoms with E-state index in [-0.39, 0.29) is 17.0 Å². The van der Waals surface area contributed by atoms with Crippen LogP contribution in [-0.2, 0) is 0 Å². The highest BCUT2D eigenvalue weighted by Gasteiger charge is 2.19. The second-order valence-electron chi connectivity index (χ2n) is 4.20. The summed E-state index contributed by atoms with van der Waals surface area (Å²) in [6, 6.07) is 6.66. The molecule has 108 valence electrons. The molecule has 0 saturated heterocycles. The Morgan fingerprint density at radius 3 is 2.57 bits per heavy atom. The molecule has 2 rings (SSSR count). The van der Waals surface area contributed by atoms with Gasteiger partial charge in [0.1, 0.15) is 4.92 Å². The minimum atomic E-state index is -1.19. The van der Waals surface area contributed by atoms with Crippen LogP contribution in [0.1, 0.15) is 26.5 Å². The molecule has 0 aliphatic heterocycles. The average molecular weight is 290 g/mol. The number of carboxylic acids is 1. The van der Waals surface area contributed by atoms with Crippen molar-refractivity contribution in [3.8, 4) is 0 Å². The van der Waals surface area contributed by atoms with Crippen molar-refractivity contribution in [3.63, 3.8) is 0 Å². The highest BCUT2D eigenvalue weighted by Crippen LogP contribution is 2.20. The number of benzene rings is 1. The van der Waals surface area contributed by atoms with E-state index in [4.69, 9.17) is 9.52 Å². The highest BCUT2D eigenvalue weighted by atomic mass is 16.6. The van der Waals surface area contributed by atoms with E-state index in [1.54, 1.807) is 13.0 Å². The van der Waals surface area contributed by atoms with Crippen LogP contribution in [0.15, 0.2) is 34.7 Å². The number of furan rings is 1. The predicted octanol–water partition coefficient (Wildman–Crippen LogP) is 2.45. The minimum absolute atomic E-state index is 0.0793. The lowest BCUT2D eigenvalue weighted by Gasteiger charge is -2.07. The largest absolute Gasteiger partial charge is 0.478 e. The van der Waals surface area contributed by atoms with E-state index in [1.807, 2.05) is 0 Å². The van der Waals surface area contributed by atoms with Gasteiger partial charge in [0.2, 0.25) is 0 Å². The number of hydrogen-bond donors (Lipinski definition) is 2. The van der Waals surface area contributed by atoms with Gasteiger partial charge in [-0.2, -0.15) is 0 Å². The molecule has 0 aliphatic rings. The van der Waals surface area contributed by atoms with E-state index >= 15 is 0 Å². The summed E-state index contributed by atoms with van der Waals surface area (Å²) >= 11 is 0. The summed E-state index contributed by atoms with van der Waals surface area (Å²) in [5, 5.41) is 21.9. The summed E-state index contributed by atoms with van der Waals surface area (Å²) < 4.78 is 4.74. The Kier molecular flexibility index (Phi) is 3.70. The first-order valence-electron chi connectivity index (χ1n) is 5.78. The lowest BCUT2D eigenvalue weighted by Crippen LogP contribution is -2.14. The van der Waals surface area contributed by atoms with Gasteiger partial charge in [0.05, 0.1) is 17.3 Å². The third kappa shape index (κ3) is 3.06. The van der Waals surface area contributed by atoms with Gasteiger partial charge in [0.25, 0.3) is 5.91 Å². The van der Waals surface area contributed by atoms with E-state index in [0.717, 1.165) is 17.7 Å². The molecule has 1 amide bonds. The summed E-state index contributed by atoms with van der Waals surface area (Å²) in [6.45, 7) is 1.72. The fraction of sp³-hybridized carbons (Fsp3) is 0.0769. The van der Waals surface area contributed by atoms with E-state index in [2.05, 4.69) is 5.32 Å². The van der Waals surface area contributed by atoms with E-state index < -0.39 is 22.7 Å². The lowest BCUT2D eigenvalue weighted by molar-refractivity contribution is -0.402. The number of nitro groups is 1. The molecule has 0 fully saturated rings. The fourth-order valence-corrected chi connectivity index (χ4v) is 1.68. The van der Waals surface area contributed by atoms with Crippen molar-refractivity contribution in [2.75, 3.05) is 5.32 Å². The quantitative estimate of drug-likeness (QED) is 0.658. The number of hydrogen-bond acceptors (Lipinski definition) is 5. The molecule has 8 heteroatoms. The maximum atomic E-state index is 11.9. The van der Waals surface area contributed by atoms with Gasteiger partial charge in [-0.15, -0.1) is 0 Å². The Bertz CT molecular complexity index is 734. The van der Waals surface area contributed by atoms with E-state index in [1.165, 1.54) is 12.1 Å². The molecule has 2 N–H and O–H groups in total. The van der Waals surface area contributed by atoms with Gasteiger partial charge >= 0.3 is 11.9 Å². The molecule has 0 saturated carbocycles. The van der Waals surface area contributed by atoms with Crippen molar-refractivity contribution in [3.05, 3.63) is 57.3 Å². The predicted molar refractivity (Wildman–Crippen MR) is 71.5 cm³/mol. The topological polar surface area (TPSA) is 123 Å². The Labute approximate surface area is 118 Å². The normalized spacial score (nSPS) is 10.1. The molecule has 0 spiro atoms. The first kappa shape index (κ1) is 14.3. The van der Waals surface area contributed by atoms with Crippen molar-refractivity contribution in [2.24, 2.45) is 0 Å². The number of carboxylic acid groups (broad SMARTS) is 1. The zero-order valence-electron chi connectivity index (χ0n) is 10.8. The Morgan fingerprint density at radius 1 is 1.29 bits per heavy atom.